The Labute approximate surface area is 157 Å². The topological polar surface area (TPSA) is 67.4 Å². The molecule has 2 N–H and O–H groups in total. The van der Waals surface area contributed by atoms with Crippen molar-refractivity contribution in [3.8, 4) is 5.75 Å². The van der Waals surface area contributed by atoms with Gasteiger partial charge in [-0.15, -0.1) is 0 Å². The molecule has 7 heteroatoms. The average Bonchev–Trinajstić information content (AvgIpc) is 3.32. The van der Waals surface area contributed by atoms with Crippen LogP contribution in [0.25, 0.3) is 0 Å². The summed E-state index contributed by atoms with van der Waals surface area (Å²) in [5.41, 5.74) is 5.05. The van der Waals surface area contributed by atoms with Gasteiger partial charge in [0.1, 0.15) is 5.75 Å². The van der Waals surface area contributed by atoms with Crippen molar-refractivity contribution < 1.29 is 14.3 Å². The van der Waals surface area contributed by atoms with E-state index in [2.05, 4.69) is 10.9 Å². The van der Waals surface area contributed by atoms with Crippen LogP contribution in [0.15, 0.2) is 18.2 Å². The highest BCUT2D eigenvalue weighted by molar-refractivity contribution is 6.35. The molecule has 0 saturated heterocycles. The number of benzene rings is 1. The van der Waals surface area contributed by atoms with Crippen LogP contribution in [-0.2, 0) is 9.59 Å². The zero-order valence-electron chi connectivity index (χ0n) is 13.9. The van der Waals surface area contributed by atoms with Crippen molar-refractivity contribution in [2.75, 3.05) is 6.61 Å². The Kier molecular flexibility index (Phi) is 6.07. The van der Waals surface area contributed by atoms with Gasteiger partial charge in [0, 0.05) is 17.4 Å². The molecular weight excluding hydrogens is 363 g/mol. The van der Waals surface area contributed by atoms with Crippen LogP contribution >= 0.6 is 23.2 Å². The van der Waals surface area contributed by atoms with E-state index in [1.807, 2.05) is 0 Å². The molecular formula is C18H22Cl2N2O3. The zero-order valence-corrected chi connectivity index (χ0v) is 15.4. The summed E-state index contributed by atoms with van der Waals surface area (Å²) in [5, 5.41) is 0.984. The highest BCUT2D eigenvalue weighted by Crippen LogP contribution is 2.55. The largest absolute Gasteiger partial charge is 0.492 e. The minimum Gasteiger partial charge on any atom is -0.492 e. The lowest BCUT2D eigenvalue weighted by atomic mass is 10.0. The van der Waals surface area contributed by atoms with Gasteiger partial charge < -0.3 is 4.74 Å². The summed E-state index contributed by atoms with van der Waals surface area (Å²) in [4.78, 5) is 23.9. The fourth-order valence-electron chi connectivity index (χ4n) is 3.67. The lowest BCUT2D eigenvalue weighted by molar-refractivity contribution is -0.130. The van der Waals surface area contributed by atoms with Gasteiger partial charge in [-0.1, -0.05) is 36.0 Å². The molecule has 0 radical (unpaired) electrons. The lowest BCUT2D eigenvalue weighted by Gasteiger charge is -2.09. The molecule has 0 bridgehead atoms. The molecule has 5 nitrogen and oxygen atoms in total. The third-order valence-corrected chi connectivity index (χ3v) is 5.51. The van der Waals surface area contributed by atoms with Gasteiger partial charge in [0.15, 0.2) is 0 Å². The van der Waals surface area contributed by atoms with Crippen molar-refractivity contribution in [3.05, 3.63) is 28.2 Å². The Bertz CT molecular complexity index is 641. The molecule has 1 aromatic carbocycles. The molecule has 0 spiro atoms. The van der Waals surface area contributed by atoms with Crippen molar-refractivity contribution >= 4 is 35.0 Å². The number of hydrogen-bond acceptors (Lipinski definition) is 3. The Hall–Kier alpha value is -1.46. The van der Waals surface area contributed by atoms with E-state index in [0.29, 0.717) is 40.7 Å². The first-order chi connectivity index (χ1) is 12.1. The lowest BCUT2D eigenvalue weighted by Crippen LogP contribution is -2.42. The summed E-state index contributed by atoms with van der Waals surface area (Å²) in [7, 11) is 0. The number of carbonyl (C=O) groups is 2. The van der Waals surface area contributed by atoms with Gasteiger partial charge in [-0.3, -0.25) is 20.4 Å². The second-order valence-electron chi connectivity index (χ2n) is 6.70. The van der Waals surface area contributed by atoms with E-state index in [1.54, 1.807) is 18.2 Å². The summed E-state index contributed by atoms with van der Waals surface area (Å²) in [6, 6.07) is 5.00. The minimum absolute atomic E-state index is 0.0468. The van der Waals surface area contributed by atoms with Gasteiger partial charge >= 0.3 is 0 Å². The summed E-state index contributed by atoms with van der Waals surface area (Å²) in [6.45, 7) is 0.357. The van der Waals surface area contributed by atoms with Crippen LogP contribution in [0.3, 0.4) is 0 Å². The van der Waals surface area contributed by atoms with Crippen LogP contribution in [0.4, 0.5) is 0 Å². The van der Waals surface area contributed by atoms with Crippen LogP contribution in [-0.4, -0.2) is 18.4 Å². The number of rotatable bonds is 6. The maximum absolute atomic E-state index is 12.1. The molecule has 0 aliphatic heterocycles. The number of hydrazine groups is 1. The number of fused-ring (bicyclic) bond motifs is 1. The molecule has 25 heavy (non-hydrogen) atoms. The van der Waals surface area contributed by atoms with Gasteiger partial charge in [-0.25, -0.2) is 0 Å². The first-order valence-electron chi connectivity index (χ1n) is 8.73. The fourth-order valence-corrected chi connectivity index (χ4v) is 4.13. The van der Waals surface area contributed by atoms with Crippen molar-refractivity contribution in [3.63, 3.8) is 0 Å². The third-order valence-electron chi connectivity index (χ3n) is 4.98. The van der Waals surface area contributed by atoms with E-state index in [0.717, 1.165) is 12.8 Å². The van der Waals surface area contributed by atoms with Crippen LogP contribution in [0.2, 0.25) is 10.0 Å². The van der Waals surface area contributed by atoms with Crippen LogP contribution in [0, 0.1) is 17.8 Å². The number of halogens is 2. The molecule has 1 unspecified atom stereocenters. The number of carbonyl (C=O) groups excluding carboxylic acids is 2. The maximum atomic E-state index is 12.1. The zero-order chi connectivity index (χ0) is 17.8. The minimum atomic E-state index is -0.220. The van der Waals surface area contributed by atoms with E-state index in [4.69, 9.17) is 27.9 Å². The first kappa shape index (κ1) is 18.3. The molecule has 1 aromatic rings. The Balaban J connectivity index is 1.30. The maximum Gasteiger partial charge on any atom is 0.242 e. The molecule has 2 fully saturated rings. The van der Waals surface area contributed by atoms with Gasteiger partial charge in [0.25, 0.3) is 0 Å². The van der Waals surface area contributed by atoms with Crippen molar-refractivity contribution in [2.24, 2.45) is 17.8 Å². The van der Waals surface area contributed by atoms with Crippen LogP contribution in [0.5, 0.6) is 5.75 Å². The van der Waals surface area contributed by atoms with Gasteiger partial charge in [-0.05, 0) is 49.3 Å². The summed E-state index contributed by atoms with van der Waals surface area (Å²) >= 11 is 11.8. The standard InChI is InChI=1S/C18H22Cl2N2O3/c19-11-7-8-15(14(20)10-11)25-9-3-6-16(23)21-22-18(24)17-12-4-1-2-5-13(12)17/h7-8,10,12-13,17H,1-6,9H2,(H,21,23)(H,22,24)/t12-,13+,17?. The number of nitrogens with one attached hydrogen (secondary N) is 2. The highest BCUT2D eigenvalue weighted by atomic mass is 35.5. The summed E-state index contributed by atoms with van der Waals surface area (Å²) in [6.07, 6.45) is 5.50. The van der Waals surface area contributed by atoms with Gasteiger partial charge in [0.05, 0.1) is 11.6 Å². The Morgan fingerprint density at radius 1 is 1.12 bits per heavy atom. The predicted octanol–water partition coefficient (Wildman–Crippen LogP) is 3.74. The van der Waals surface area contributed by atoms with E-state index >= 15 is 0 Å². The molecule has 0 aromatic heterocycles. The van der Waals surface area contributed by atoms with E-state index in [9.17, 15) is 9.59 Å². The Morgan fingerprint density at radius 2 is 1.84 bits per heavy atom. The SMILES string of the molecule is O=C(CCCOc1ccc(Cl)cc1Cl)NNC(=O)C1[C@H]2CCCC[C@@H]12. The normalized spacial score (nSPS) is 24.2. The second kappa shape index (κ2) is 8.28. The number of amides is 2. The molecule has 2 amide bonds. The summed E-state index contributed by atoms with van der Waals surface area (Å²) < 4.78 is 5.52. The Morgan fingerprint density at radius 3 is 2.52 bits per heavy atom. The molecule has 2 aliphatic carbocycles. The smallest absolute Gasteiger partial charge is 0.242 e. The fraction of sp³-hybridized carbons (Fsp3) is 0.556. The van der Waals surface area contributed by atoms with E-state index in [1.165, 1.54) is 12.8 Å². The summed E-state index contributed by atoms with van der Waals surface area (Å²) in [5.74, 6) is 1.43. The molecule has 3 rings (SSSR count). The van der Waals surface area contributed by atoms with Crippen molar-refractivity contribution in [1.82, 2.24) is 10.9 Å². The number of ether oxygens (including phenoxy) is 1. The highest BCUT2D eigenvalue weighted by Gasteiger charge is 2.54. The van der Waals surface area contributed by atoms with Gasteiger partial charge in [-0.2, -0.15) is 0 Å². The van der Waals surface area contributed by atoms with Crippen LogP contribution in [0.1, 0.15) is 38.5 Å². The van der Waals surface area contributed by atoms with Gasteiger partial charge in [0.2, 0.25) is 11.8 Å². The molecule has 3 atom stereocenters. The quantitative estimate of drug-likeness (QED) is 0.579. The van der Waals surface area contributed by atoms with E-state index in [-0.39, 0.29) is 24.2 Å². The monoisotopic (exact) mass is 384 g/mol. The first-order valence-corrected chi connectivity index (χ1v) is 9.48. The molecule has 0 heterocycles. The molecule has 2 aliphatic rings. The molecule has 136 valence electrons. The average molecular weight is 385 g/mol. The second-order valence-corrected chi connectivity index (χ2v) is 7.55. The van der Waals surface area contributed by atoms with Crippen molar-refractivity contribution in [1.29, 1.82) is 0 Å². The third kappa shape index (κ3) is 4.79. The molecule has 2 saturated carbocycles. The van der Waals surface area contributed by atoms with E-state index < -0.39 is 0 Å². The number of hydrogen-bond donors (Lipinski definition) is 2. The predicted molar refractivity (Wildman–Crippen MR) is 96.4 cm³/mol. The van der Waals surface area contributed by atoms with Crippen molar-refractivity contribution in [2.45, 2.75) is 38.5 Å². The van der Waals surface area contributed by atoms with Crippen LogP contribution < -0.4 is 15.6 Å².